The Hall–Kier alpha value is -3.35. The lowest BCUT2D eigenvalue weighted by molar-refractivity contribution is -0.137. The molecular formula is C21H19FN2O4. The summed E-state index contributed by atoms with van der Waals surface area (Å²) in [6, 6.07) is 13.6. The minimum Gasteiger partial charge on any atom is -0.492 e. The van der Waals surface area contributed by atoms with Crippen LogP contribution >= 0.6 is 0 Å². The number of aryl methyl sites for hydroxylation is 1. The quantitative estimate of drug-likeness (QED) is 0.703. The summed E-state index contributed by atoms with van der Waals surface area (Å²) in [5.74, 6) is 0.0453. The van der Waals surface area contributed by atoms with Crippen molar-refractivity contribution in [2.45, 2.75) is 18.9 Å². The second-order valence-electron chi connectivity index (χ2n) is 6.75. The van der Waals surface area contributed by atoms with Gasteiger partial charge in [0.2, 0.25) is 0 Å². The van der Waals surface area contributed by atoms with E-state index in [-0.39, 0.29) is 24.8 Å². The van der Waals surface area contributed by atoms with Crippen molar-refractivity contribution in [1.29, 1.82) is 0 Å². The molecule has 1 aliphatic rings. The fourth-order valence-corrected chi connectivity index (χ4v) is 3.37. The van der Waals surface area contributed by atoms with Gasteiger partial charge in [0, 0.05) is 24.6 Å². The van der Waals surface area contributed by atoms with Crippen LogP contribution in [0.25, 0.3) is 11.3 Å². The van der Waals surface area contributed by atoms with Gasteiger partial charge in [0.1, 0.15) is 29.6 Å². The van der Waals surface area contributed by atoms with Crippen molar-refractivity contribution >= 4 is 5.97 Å². The highest BCUT2D eigenvalue weighted by atomic mass is 19.1. The molecule has 6 nitrogen and oxygen atoms in total. The number of aromatic nitrogens is 2. The van der Waals surface area contributed by atoms with Gasteiger partial charge in [-0.25, -0.2) is 4.39 Å². The van der Waals surface area contributed by atoms with Crippen LogP contribution in [0.5, 0.6) is 11.5 Å². The molecule has 0 aliphatic carbocycles. The average Bonchev–Trinajstić information content (AvgIpc) is 3.23. The number of carboxylic acids is 1. The molecule has 0 fully saturated rings. The first kappa shape index (κ1) is 18.0. The molecule has 0 bridgehead atoms. The zero-order valence-electron chi connectivity index (χ0n) is 15.3. The maximum absolute atomic E-state index is 13.1. The zero-order chi connectivity index (χ0) is 19.7. The Kier molecular flexibility index (Phi) is 4.73. The topological polar surface area (TPSA) is 73.6 Å². The lowest BCUT2D eigenvalue weighted by Crippen LogP contribution is -2.07. The van der Waals surface area contributed by atoms with Gasteiger partial charge in [-0.3, -0.25) is 9.48 Å². The van der Waals surface area contributed by atoms with Crippen molar-refractivity contribution in [2.75, 3.05) is 6.61 Å². The number of ether oxygens (including phenoxy) is 2. The van der Waals surface area contributed by atoms with E-state index in [0.29, 0.717) is 18.1 Å². The minimum absolute atomic E-state index is 0.0489. The van der Waals surface area contributed by atoms with Crippen LogP contribution in [-0.2, 0) is 18.4 Å². The van der Waals surface area contributed by atoms with Crippen LogP contribution in [0.3, 0.4) is 0 Å². The Bertz CT molecular complexity index is 1010. The first-order chi connectivity index (χ1) is 13.5. The number of rotatable bonds is 6. The molecule has 1 aliphatic heterocycles. The molecule has 7 heteroatoms. The van der Waals surface area contributed by atoms with E-state index in [4.69, 9.17) is 14.6 Å². The highest BCUT2D eigenvalue weighted by Crippen LogP contribution is 2.38. The van der Waals surface area contributed by atoms with Crippen LogP contribution in [0.2, 0.25) is 0 Å². The second kappa shape index (κ2) is 7.34. The lowest BCUT2D eigenvalue weighted by Gasteiger charge is -2.07. The number of aliphatic carboxylic acids is 1. The first-order valence-corrected chi connectivity index (χ1v) is 8.90. The van der Waals surface area contributed by atoms with E-state index < -0.39 is 5.97 Å². The van der Waals surface area contributed by atoms with E-state index >= 15 is 0 Å². The largest absolute Gasteiger partial charge is 0.492 e. The average molecular weight is 382 g/mol. The summed E-state index contributed by atoms with van der Waals surface area (Å²) < 4.78 is 26.3. The molecule has 2 heterocycles. The smallest absolute Gasteiger partial charge is 0.304 e. The monoisotopic (exact) mass is 382 g/mol. The molecule has 2 aromatic carbocycles. The number of carbonyl (C=O) groups is 1. The summed E-state index contributed by atoms with van der Waals surface area (Å²) in [5, 5.41) is 13.4. The minimum atomic E-state index is -0.839. The van der Waals surface area contributed by atoms with E-state index in [1.165, 1.54) is 12.1 Å². The summed E-state index contributed by atoms with van der Waals surface area (Å²) >= 11 is 0. The van der Waals surface area contributed by atoms with Gasteiger partial charge in [-0.15, -0.1) is 0 Å². The molecule has 1 N–H and O–H groups in total. The van der Waals surface area contributed by atoms with Crippen LogP contribution in [0.1, 0.15) is 23.6 Å². The molecular weight excluding hydrogens is 363 g/mol. The SMILES string of the molecule is Cn1nc(COc2ccc3c(c2)OCC3CC(=O)O)cc1-c1ccc(F)cc1. The van der Waals surface area contributed by atoms with Gasteiger partial charge in [-0.2, -0.15) is 5.10 Å². The Morgan fingerprint density at radius 3 is 2.82 bits per heavy atom. The van der Waals surface area contributed by atoms with Crippen molar-refractivity contribution < 1.29 is 23.8 Å². The van der Waals surface area contributed by atoms with Gasteiger partial charge in [-0.05, 0) is 42.0 Å². The van der Waals surface area contributed by atoms with Gasteiger partial charge in [0.25, 0.3) is 0 Å². The summed E-state index contributed by atoms with van der Waals surface area (Å²) in [5.41, 5.74) is 3.38. The third-order valence-corrected chi connectivity index (χ3v) is 4.74. The number of halogens is 1. The third kappa shape index (κ3) is 3.69. The molecule has 1 unspecified atom stereocenters. The third-order valence-electron chi connectivity index (χ3n) is 4.74. The molecule has 0 saturated carbocycles. The number of carboxylic acid groups (broad SMARTS) is 1. The molecule has 0 spiro atoms. The number of hydrogen-bond acceptors (Lipinski definition) is 4. The predicted molar refractivity (Wildman–Crippen MR) is 99.9 cm³/mol. The summed E-state index contributed by atoms with van der Waals surface area (Å²) in [4.78, 5) is 10.9. The van der Waals surface area contributed by atoms with Gasteiger partial charge in [-0.1, -0.05) is 6.07 Å². The van der Waals surface area contributed by atoms with Gasteiger partial charge < -0.3 is 14.6 Å². The van der Waals surface area contributed by atoms with Crippen LogP contribution in [0.15, 0.2) is 48.5 Å². The van der Waals surface area contributed by atoms with Crippen molar-refractivity contribution in [3.05, 3.63) is 65.6 Å². The first-order valence-electron chi connectivity index (χ1n) is 8.90. The predicted octanol–water partition coefficient (Wildman–Crippen LogP) is 3.76. The van der Waals surface area contributed by atoms with E-state index in [9.17, 15) is 9.18 Å². The Morgan fingerprint density at radius 1 is 1.29 bits per heavy atom. The van der Waals surface area contributed by atoms with Crippen LogP contribution in [0, 0.1) is 5.82 Å². The zero-order valence-corrected chi connectivity index (χ0v) is 15.3. The van der Waals surface area contributed by atoms with Crippen molar-refractivity contribution in [3.8, 4) is 22.8 Å². The summed E-state index contributed by atoms with van der Waals surface area (Å²) in [7, 11) is 1.83. The molecule has 3 aromatic rings. The molecule has 4 rings (SSSR count). The Morgan fingerprint density at radius 2 is 2.07 bits per heavy atom. The highest BCUT2D eigenvalue weighted by Gasteiger charge is 2.26. The molecule has 28 heavy (non-hydrogen) atoms. The molecule has 0 amide bonds. The normalized spacial score (nSPS) is 15.1. The van der Waals surface area contributed by atoms with Crippen LogP contribution in [-0.4, -0.2) is 27.5 Å². The van der Waals surface area contributed by atoms with E-state index in [0.717, 1.165) is 22.5 Å². The standard InChI is InChI=1S/C21H19FN2O4/c1-24-19(13-2-4-15(22)5-3-13)9-16(23-24)12-27-17-6-7-18-14(8-21(25)26)11-28-20(18)10-17/h2-7,9-10,14H,8,11-12H2,1H3,(H,25,26). The Balaban J connectivity index is 1.45. The van der Waals surface area contributed by atoms with Crippen molar-refractivity contribution in [3.63, 3.8) is 0 Å². The molecule has 0 saturated heterocycles. The molecule has 1 aromatic heterocycles. The van der Waals surface area contributed by atoms with Crippen molar-refractivity contribution in [1.82, 2.24) is 9.78 Å². The summed E-state index contributed by atoms with van der Waals surface area (Å²) in [6.07, 6.45) is 0.0489. The number of nitrogens with zero attached hydrogens (tertiary/aromatic N) is 2. The lowest BCUT2D eigenvalue weighted by atomic mass is 9.98. The highest BCUT2D eigenvalue weighted by molar-refractivity contribution is 5.68. The van der Waals surface area contributed by atoms with E-state index in [1.54, 1.807) is 22.9 Å². The van der Waals surface area contributed by atoms with Crippen LogP contribution in [0.4, 0.5) is 4.39 Å². The van der Waals surface area contributed by atoms with Crippen LogP contribution < -0.4 is 9.47 Å². The van der Waals surface area contributed by atoms with Crippen molar-refractivity contribution in [2.24, 2.45) is 7.05 Å². The number of hydrogen-bond donors (Lipinski definition) is 1. The van der Waals surface area contributed by atoms with Gasteiger partial charge in [0.05, 0.1) is 18.7 Å². The molecule has 144 valence electrons. The number of benzene rings is 2. The van der Waals surface area contributed by atoms with E-state index in [1.807, 2.05) is 25.2 Å². The summed E-state index contributed by atoms with van der Waals surface area (Å²) in [6.45, 7) is 0.638. The van der Waals surface area contributed by atoms with E-state index in [2.05, 4.69) is 5.10 Å². The fraction of sp³-hybridized carbons (Fsp3) is 0.238. The maximum Gasteiger partial charge on any atom is 0.304 e. The maximum atomic E-state index is 13.1. The van der Waals surface area contributed by atoms with Gasteiger partial charge in [0.15, 0.2) is 0 Å². The number of fused-ring (bicyclic) bond motifs is 1. The van der Waals surface area contributed by atoms with Gasteiger partial charge >= 0.3 is 5.97 Å². The Labute approximate surface area is 161 Å². The second-order valence-corrected chi connectivity index (χ2v) is 6.75. The fourth-order valence-electron chi connectivity index (χ4n) is 3.37. The molecule has 0 radical (unpaired) electrons. The molecule has 1 atom stereocenters.